The minimum Gasteiger partial charge on any atom is -0.352 e. The molecule has 0 bridgehead atoms. The van der Waals surface area contributed by atoms with E-state index in [1.807, 2.05) is 29.2 Å². The maximum Gasteiger partial charge on any atom is 0.242 e. The number of fused-ring (bicyclic) bond motifs is 1. The summed E-state index contributed by atoms with van der Waals surface area (Å²) in [4.78, 5) is 29.3. The predicted molar refractivity (Wildman–Crippen MR) is 98.0 cm³/mol. The lowest BCUT2D eigenvalue weighted by Gasteiger charge is -2.35. The second-order valence-electron chi connectivity index (χ2n) is 6.13. The van der Waals surface area contributed by atoms with Crippen LogP contribution in [-0.4, -0.2) is 62.1 Å². The normalized spacial score (nSPS) is 14.8. The van der Waals surface area contributed by atoms with E-state index >= 15 is 0 Å². The van der Waals surface area contributed by atoms with Gasteiger partial charge in [-0.05, 0) is 23.7 Å². The van der Waals surface area contributed by atoms with Crippen LogP contribution >= 0.6 is 11.6 Å². The van der Waals surface area contributed by atoms with Crippen molar-refractivity contribution in [2.75, 3.05) is 31.1 Å². The third kappa shape index (κ3) is 3.45. The van der Waals surface area contributed by atoms with Crippen molar-refractivity contribution in [1.29, 1.82) is 0 Å². The van der Waals surface area contributed by atoms with Gasteiger partial charge in [0.05, 0.1) is 5.52 Å². The Morgan fingerprint density at radius 2 is 1.96 bits per heavy atom. The maximum absolute atomic E-state index is 12.4. The molecule has 0 unspecified atom stereocenters. The molecule has 1 N–H and O–H groups in total. The third-order valence-corrected chi connectivity index (χ3v) is 4.70. The number of nitrogens with zero attached hydrogens (tertiary/aromatic N) is 6. The number of hydrogen-bond acceptors (Lipinski definition) is 6. The lowest BCUT2D eigenvalue weighted by molar-refractivity contribution is -0.131. The van der Waals surface area contributed by atoms with E-state index in [0.717, 1.165) is 29.8 Å². The van der Waals surface area contributed by atoms with Crippen molar-refractivity contribution in [3.8, 4) is 0 Å². The molecule has 0 aliphatic carbocycles. The van der Waals surface area contributed by atoms with Gasteiger partial charge in [0.1, 0.15) is 18.0 Å². The summed E-state index contributed by atoms with van der Waals surface area (Å²) in [6.07, 6.45) is 2.50. The molecule has 8 nitrogen and oxygen atoms in total. The summed E-state index contributed by atoms with van der Waals surface area (Å²) in [7, 11) is 0. The molecule has 4 rings (SSSR count). The van der Waals surface area contributed by atoms with Crippen LogP contribution in [0.4, 0.5) is 5.82 Å². The first-order valence-corrected chi connectivity index (χ1v) is 8.88. The second kappa shape index (κ2) is 7.25. The van der Waals surface area contributed by atoms with Crippen LogP contribution in [0, 0.1) is 0 Å². The van der Waals surface area contributed by atoms with Gasteiger partial charge in [0.15, 0.2) is 0 Å². The van der Waals surface area contributed by atoms with Gasteiger partial charge in [0.2, 0.25) is 11.2 Å². The molecule has 0 atom stereocenters. The molecule has 2 aromatic heterocycles. The number of halogens is 1. The molecule has 1 amide bonds. The lowest BCUT2D eigenvalue weighted by Crippen LogP contribution is -2.49. The average Bonchev–Trinajstić information content (AvgIpc) is 3.11. The van der Waals surface area contributed by atoms with E-state index in [1.165, 1.54) is 0 Å². The molecule has 1 aromatic carbocycles. The Kier molecular flexibility index (Phi) is 4.66. The fourth-order valence-electron chi connectivity index (χ4n) is 3.18. The molecule has 3 aromatic rings. The van der Waals surface area contributed by atoms with Crippen molar-refractivity contribution in [3.63, 3.8) is 0 Å². The molecular formula is C17H18ClN7O. The van der Waals surface area contributed by atoms with Gasteiger partial charge in [-0.25, -0.2) is 15.0 Å². The van der Waals surface area contributed by atoms with Crippen molar-refractivity contribution in [2.24, 2.45) is 0 Å². The highest BCUT2D eigenvalue weighted by Gasteiger charge is 2.23. The number of aryl methyl sites for hydroxylation is 1. The highest BCUT2D eigenvalue weighted by molar-refractivity contribution is 6.28. The quantitative estimate of drug-likeness (QED) is 0.750. The van der Waals surface area contributed by atoms with Crippen LogP contribution in [-0.2, 0) is 11.2 Å². The number of aromatic amines is 1. The minimum atomic E-state index is 0.115. The molecule has 1 saturated heterocycles. The van der Waals surface area contributed by atoms with E-state index < -0.39 is 0 Å². The zero-order chi connectivity index (χ0) is 17.9. The molecule has 0 saturated carbocycles. The zero-order valence-corrected chi connectivity index (χ0v) is 14.9. The summed E-state index contributed by atoms with van der Waals surface area (Å²) >= 11 is 5.68. The highest BCUT2D eigenvalue weighted by Crippen LogP contribution is 2.23. The van der Waals surface area contributed by atoms with Crippen molar-refractivity contribution in [1.82, 2.24) is 30.0 Å². The van der Waals surface area contributed by atoms with Crippen molar-refractivity contribution in [3.05, 3.63) is 41.7 Å². The van der Waals surface area contributed by atoms with E-state index in [0.29, 0.717) is 31.8 Å². The van der Waals surface area contributed by atoms with Crippen molar-refractivity contribution >= 4 is 34.2 Å². The topological polar surface area (TPSA) is 90.9 Å². The van der Waals surface area contributed by atoms with Crippen molar-refractivity contribution in [2.45, 2.75) is 12.8 Å². The number of anilines is 1. The number of nitrogens with one attached hydrogen (secondary N) is 1. The van der Waals surface area contributed by atoms with Crippen LogP contribution in [0.15, 0.2) is 30.6 Å². The van der Waals surface area contributed by atoms with Gasteiger partial charge in [-0.1, -0.05) is 12.1 Å². The maximum atomic E-state index is 12.4. The summed E-state index contributed by atoms with van der Waals surface area (Å²) in [5.74, 6) is 1.68. The van der Waals surface area contributed by atoms with Crippen LogP contribution in [0.2, 0.25) is 5.28 Å². The number of benzene rings is 1. The molecule has 9 heteroatoms. The Morgan fingerprint density at radius 3 is 2.73 bits per heavy atom. The Bertz CT molecular complexity index is 915. The number of amides is 1. The number of piperazine rings is 1. The van der Waals surface area contributed by atoms with Crippen LogP contribution in [0.1, 0.15) is 12.2 Å². The molecule has 134 valence electrons. The van der Waals surface area contributed by atoms with Crippen LogP contribution < -0.4 is 4.90 Å². The number of rotatable bonds is 4. The fourth-order valence-corrected chi connectivity index (χ4v) is 3.32. The Hall–Kier alpha value is -2.74. The Morgan fingerprint density at radius 1 is 1.15 bits per heavy atom. The number of H-pyrrole nitrogens is 1. The van der Waals surface area contributed by atoms with Crippen LogP contribution in [0.25, 0.3) is 10.9 Å². The highest BCUT2D eigenvalue weighted by atomic mass is 35.5. The number of carbonyl (C=O) groups is 1. The largest absolute Gasteiger partial charge is 0.352 e. The first kappa shape index (κ1) is 16.7. The van der Waals surface area contributed by atoms with Gasteiger partial charge in [-0.2, -0.15) is 0 Å². The summed E-state index contributed by atoms with van der Waals surface area (Å²) in [6, 6.07) is 7.98. The molecule has 1 aliphatic heterocycles. The minimum absolute atomic E-state index is 0.115. The lowest BCUT2D eigenvalue weighted by atomic mass is 10.2. The Balaban J connectivity index is 1.37. The molecular weight excluding hydrogens is 354 g/mol. The van der Waals surface area contributed by atoms with E-state index in [-0.39, 0.29) is 11.2 Å². The van der Waals surface area contributed by atoms with E-state index in [9.17, 15) is 4.79 Å². The molecule has 3 heterocycles. The van der Waals surface area contributed by atoms with Gasteiger partial charge >= 0.3 is 0 Å². The van der Waals surface area contributed by atoms with Crippen LogP contribution in [0.3, 0.4) is 0 Å². The molecule has 0 spiro atoms. The predicted octanol–water partition coefficient (Wildman–Crippen LogP) is 1.68. The van der Waals surface area contributed by atoms with E-state index in [1.54, 1.807) is 6.33 Å². The zero-order valence-electron chi connectivity index (χ0n) is 14.1. The monoisotopic (exact) mass is 371 g/mol. The van der Waals surface area contributed by atoms with E-state index in [4.69, 9.17) is 11.6 Å². The van der Waals surface area contributed by atoms with Gasteiger partial charge in [0, 0.05) is 44.4 Å². The van der Waals surface area contributed by atoms with Gasteiger partial charge in [0.25, 0.3) is 0 Å². The number of para-hydroxylation sites is 1. The third-order valence-electron chi connectivity index (χ3n) is 4.53. The molecule has 1 aliphatic rings. The summed E-state index contributed by atoms with van der Waals surface area (Å²) in [5, 5.41) is 7.70. The second-order valence-corrected chi connectivity index (χ2v) is 6.47. The van der Waals surface area contributed by atoms with Gasteiger partial charge < -0.3 is 9.80 Å². The summed E-state index contributed by atoms with van der Waals surface area (Å²) in [6.45, 7) is 2.85. The Labute approximate surface area is 155 Å². The molecule has 0 radical (unpaired) electrons. The number of hydrogen-bond donors (Lipinski definition) is 1. The summed E-state index contributed by atoms with van der Waals surface area (Å²) < 4.78 is 0. The smallest absolute Gasteiger partial charge is 0.242 e. The van der Waals surface area contributed by atoms with E-state index in [2.05, 4.69) is 30.0 Å². The first-order chi connectivity index (χ1) is 12.7. The number of aromatic nitrogens is 5. The SMILES string of the molecule is O=C(CCc1nc(Cl)n[nH]1)N1CCN(c2ncnc3ccccc23)CC1. The molecule has 26 heavy (non-hydrogen) atoms. The van der Waals surface area contributed by atoms with Gasteiger partial charge in [-0.15, -0.1) is 5.10 Å². The summed E-state index contributed by atoms with van der Waals surface area (Å²) in [5.41, 5.74) is 0.932. The fraction of sp³-hybridized carbons (Fsp3) is 0.353. The standard InChI is InChI=1S/C17H18ClN7O/c18-17-21-14(22-23-17)5-6-15(26)24-7-9-25(10-8-24)16-12-3-1-2-4-13(12)19-11-20-16/h1-4,11H,5-10H2,(H,21,22,23). The number of carbonyl (C=O) groups excluding carboxylic acids is 1. The van der Waals surface area contributed by atoms with Crippen LogP contribution in [0.5, 0.6) is 0 Å². The van der Waals surface area contributed by atoms with Crippen molar-refractivity contribution < 1.29 is 4.79 Å². The van der Waals surface area contributed by atoms with Gasteiger partial charge in [-0.3, -0.25) is 9.89 Å². The average molecular weight is 372 g/mol. The molecule has 1 fully saturated rings. The first-order valence-electron chi connectivity index (χ1n) is 8.50.